The molecule has 29 heavy (non-hydrogen) atoms. The van der Waals surface area contributed by atoms with E-state index in [0.29, 0.717) is 24.6 Å². The number of aliphatic carboxylic acids is 1. The molecule has 1 atom stereocenters. The van der Waals surface area contributed by atoms with Gasteiger partial charge >= 0.3 is 5.97 Å². The molecule has 2 N–H and O–H groups in total. The van der Waals surface area contributed by atoms with Gasteiger partial charge in [-0.3, -0.25) is 14.5 Å². The van der Waals surface area contributed by atoms with E-state index in [2.05, 4.69) is 23.7 Å². The summed E-state index contributed by atoms with van der Waals surface area (Å²) in [6.45, 7) is 6.99. The lowest BCUT2D eigenvalue weighted by molar-refractivity contribution is -0.137. The Morgan fingerprint density at radius 3 is 2.83 bits per heavy atom. The van der Waals surface area contributed by atoms with Gasteiger partial charge in [0.2, 0.25) is 0 Å². The Morgan fingerprint density at radius 2 is 2.10 bits per heavy atom. The first-order valence-electron chi connectivity index (χ1n) is 10.8. The minimum atomic E-state index is -0.830. The van der Waals surface area contributed by atoms with Crippen molar-refractivity contribution in [3.63, 3.8) is 0 Å². The van der Waals surface area contributed by atoms with Crippen molar-refractivity contribution in [2.45, 2.75) is 65.0 Å². The van der Waals surface area contributed by atoms with Gasteiger partial charge in [0, 0.05) is 67.7 Å². The molecular formula is C23H33N3O3. The number of fused-ring (bicyclic) bond motifs is 3. The molecule has 0 fully saturated rings. The molecule has 1 amide bonds. The smallest absolute Gasteiger partial charge is 0.303 e. The van der Waals surface area contributed by atoms with Crippen LogP contribution < -0.4 is 0 Å². The fourth-order valence-electron chi connectivity index (χ4n) is 4.22. The number of unbranched alkanes of at least 4 members (excludes halogenated alkanes) is 1. The highest BCUT2D eigenvalue weighted by Gasteiger charge is 2.24. The lowest BCUT2D eigenvalue weighted by Gasteiger charge is -2.32. The second-order valence-electron chi connectivity index (χ2n) is 8.28. The van der Waals surface area contributed by atoms with Gasteiger partial charge in [-0.05, 0) is 43.5 Å². The van der Waals surface area contributed by atoms with Gasteiger partial charge in [-0.1, -0.05) is 19.8 Å². The Balaban J connectivity index is 1.76. The summed E-state index contributed by atoms with van der Waals surface area (Å²) in [4.78, 5) is 31.2. The summed E-state index contributed by atoms with van der Waals surface area (Å²) < 4.78 is 0. The van der Waals surface area contributed by atoms with Crippen LogP contribution in [0.4, 0.5) is 0 Å². The molecule has 1 aliphatic rings. The summed E-state index contributed by atoms with van der Waals surface area (Å²) in [6.07, 6.45) is 5.25. The molecule has 2 heterocycles. The summed E-state index contributed by atoms with van der Waals surface area (Å²) in [5.74, 6) is -0.889. The van der Waals surface area contributed by atoms with E-state index in [1.54, 1.807) is 11.9 Å². The van der Waals surface area contributed by atoms with E-state index in [1.807, 2.05) is 18.2 Å². The Bertz CT molecular complexity index is 874. The number of amides is 1. The molecule has 0 bridgehead atoms. The molecule has 0 radical (unpaired) electrons. The van der Waals surface area contributed by atoms with Crippen LogP contribution in [0.1, 0.15) is 67.6 Å². The van der Waals surface area contributed by atoms with Crippen molar-refractivity contribution in [1.82, 2.24) is 14.8 Å². The highest BCUT2D eigenvalue weighted by atomic mass is 16.4. The molecule has 1 unspecified atom stereocenters. The van der Waals surface area contributed by atoms with Gasteiger partial charge in [-0.25, -0.2) is 0 Å². The SMILES string of the molecule is CCCCC(C)N1CCc2[nH]c3ccc(C(=O)N(C)CCCC(=O)O)cc3c2C1. The highest BCUT2D eigenvalue weighted by Crippen LogP contribution is 2.30. The van der Waals surface area contributed by atoms with E-state index >= 15 is 0 Å². The molecule has 3 rings (SSSR count). The fourth-order valence-corrected chi connectivity index (χ4v) is 4.22. The van der Waals surface area contributed by atoms with Crippen molar-refractivity contribution in [2.75, 3.05) is 20.1 Å². The average Bonchev–Trinajstić information content (AvgIpc) is 3.08. The van der Waals surface area contributed by atoms with Gasteiger partial charge in [-0.15, -0.1) is 0 Å². The van der Waals surface area contributed by atoms with Crippen molar-refractivity contribution in [3.8, 4) is 0 Å². The predicted octanol–water partition coefficient (Wildman–Crippen LogP) is 4.04. The number of aromatic amines is 1. The summed E-state index contributed by atoms with van der Waals surface area (Å²) in [6, 6.07) is 6.43. The molecule has 1 aromatic carbocycles. The molecule has 0 saturated heterocycles. The van der Waals surface area contributed by atoms with Crippen molar-refractivity contribution >= 4 is 22.8 Å². The first-order chi connectivity index (χ1) is 13.9. The number of carbonyl (C=O) groups excluding carboxylic acids is 1. The quantitative estimate of drug-likeness (QED) is 0.667. The van der Waals surface area contributed by atoms with Crippen LogP contribution in [-0.4, -0.2) is 57.9 Å². The number of H-pyrrole nitrogens is 1. The van der Waals surface area contributed by atoms with Crippen LogP contribution in [0.3, 0.4) is 0 Å². The topological polar surface area (TPSA) is 76.6 Å². The summed E-state index contributed by atoms with van der Waals surface area (Å²) in [5, 5.41) is 9.92. The summed E-state index contributed by atoms with van der Waals surface area (Å²) >= 11 is 0. The molecule has 0 saturated carbocycles. The zero-order valence-electron chi connectivity index (χ0n) is 17.8. The van der Waals surface area contributed by atoms with E-state index < -0.39 is 5.97 Å². The molecule has 2 aromatic rings. The van der Waals surface area contributed by atoms with Gasteiger partial charge in [-0.2, -0.15) is 0 Å². The lowest BCUT2D eigenvalue weighted by Crippen LogP contribution is -2.37. The van der Waals surface area contributed by atoms with Crippen LogP contribution in [0.2, 0.25) is 0 Å². The van der Waals surface area contributed by atoms with Crippen LogP contribution in [0.25, 0.3) is 10.9 Å². The molecule has 0 aliphatic carbocycles. The van der Waals surface area contributed by atoms with E-state index in [4.69, 9.17) is 5.11 Å². The van der Waals surface area contributed by atoms with Gasteiger partial charge in [0.1, 0.15) is 0 Å². The number of hydrogen-bond acceptors (Lipinski definition) is 3. The first kappa shape index (κ1) is 21.4. The molecule has 6 heteroatoms. The third-order valence-electron chi connectivity index (χ3n) is 6.08. The fraction of sp³-hybridized carbons (Fsp3) is 0.565. The maximum atomic E-state index is 12.8. The van der Waals surface area contributed by atoms with Crippen LogP contribution in [0.15, 0.2) is 18.2 Å². The second-order valence-corrected chi connectivity index (χ2v) is 8.28. The zero-order valence-corrected chi connectivity index (χ0v) is 17.8. The van der Waals surface area contributed by atoms with Gasteiger partial charge < -0.3 is 15.0 Å². The third-order valence-corrected chi connectivity index (χ3v) is 6.08. The van der Waals surface area contributed by atoms with E-state index in [0.717, 1.165) is 30.4 Å². The van der Waals surface area contributed by atoms with Crippen molar-refractivity contribution in [3.05, 3.63) is 35.0 Å². The number of rotatable bonds is 9. The van der Waals surface area contributed by atoms with Crippen molar-refractivity contribution < 1.29 is 14.7 Å². The molecule has 0 spiro atoms. The molecule has 6 nitrogen and oxygen atoms in total. The van der Waals surface area contributed by atoms with Gasteiger partial charge in [0.05, 0.1) is 0 Å². The van der Waals surface area contributed by atoms with Crippen LogP contribution in [0.5, 0.6) is 0 Å². The molecular weight excluding hydrogens is 366 g/mol. The van der Waals surface area contributed by atoms with Crippen LogP contribution >= 0.6 is 0 Å². The normalized spacial score (nSPS) is 15.3. The minimum absolute atomic E-state index is 0.0591. The highest BCUT2D eigenvalue weighted by molar-refractivity contribution is 5.99. The maximum Gasteiger partial charge on any atom is 0.303 e. The standard InChI is InChI=1S/C23H33N3O3/c1-4-5-7-16(2)26-13-11-21-19(15-26)18-14-17(9-10-20(18)24-21)23(29)25(3)12-6-8-22(27)28/h9-10,14,16,24H,4-8,11-13,15H2,1-3H3,(H,27,28). The Labute approximate surface area is 172 Å². The average molecular weight is 400 g/mol. The van der Waals surface area contributed by atoms with Gasteiger partial charge in [0.25, 0.3) is 5.91 Å². The summed E-state index contributed by atoms with van der Waals surface area (Å²) in [7, 11) is 1.73. The Hall–Kier alpha value is -2.34. The number of benzene rings is 1. The predicted molar refractivity (Wildman–Crippen MR) is 115 cm³/mol. The van der Waals surface area contributed by atoms with Crippen molar-refractivity contribution in [1.29, 1.82) is 0 Å². The van der Waals surface area contributed by atoms with E-state index in [1.165, 1.54) is 30.5 Å². The van der Waals surface area contributed by atoms with E-state index in [-0.39, 0.29) is 12.3 Å². The number of aromatic nitrogens is 1. The molecule has 158 valence electrons. The number of nitrogens with one attached hydrogen (secondary N) is 1. The number of hydrogen-bond donors (Lipinski definition) is 2. The zero-order chi connectivity index (χ0) is 21.0. The second kappa shape index (κ2) is 9.44. The van der Waals surface area contributed by atoms with Gasteiger partial charge in [0.15, 0.2) is 0 Å². The summed E-state index contributed by atoms with van der Waals surface area (Å²) in [5.41, 5.74) is 4.35. The Kier molecular flexibility index (Phi) is 6.96. The third kappa shape index (κ3) is 4.99. The monoisotopic (exact) mass is 399 g/mol. The van der Waals surface area contributed by atoms with Crippen LogP contribution in [0, 0.1) is 0 Å². The molecule has 1 aliphatic heterocycles. The number of carboxylic acid groups (broad SMARTS) is 1. The minimum Gasteiger partial charge on any atom is -0.481 e. The number of carbonyl (C=O) groups is 2. The van der Waals surface area contributed by atoms with E-state index in [9.17, 15) is 9.59 Å². The first-order valence-corrected chi connectivity index (χ1v) is 10.8. The maximum absolute atomic E-state index is 12.8. The Morgan fingerprint density at radius 1 is 1.31 bits per heavy atom. The molecule has 1 aromatic heterocycles. The number of nitrogens with zero attached hydrogens (tertiary/aromatic N) is 2. The van der Waals surface area contributed by atoms with Crippen LogP contribution in [-0.2, 0) is 17.8 Å². The lowest BCUT2D eigenvalue weighted by atomic mass is 10.00. The van der Waals surface area contributed by atoms with Crippen molar-refractivity contribution in [2.24, 2.45) is 0 Å². The number of carboxylic acids is 1. The largest absolute Gasteiger partial charge is 0.481 e.